The van der Waals surface area contributed by atoms with Gasteiger partial charge in [-0.3, -0.25) is 0 Å². The van der Waals surface area contributed by atoms with Crippen molar-refractivity contribution in [3.05, 3.63) is 119 Å². The Morgan fingerprint density at radius 3 is 2.19 bits per heavy atom. The Bertz CT molecular complexity index is 1630. The molecule has 222 valence electrons. The highest BCUT2D eigenvalue weighted by Gasteiger charge is 2.20. The number of phenols is 1. The molecule has 0 amide bonds. The molecule has 0 aliphatic carbocycles. The summed E-state index contributed by atoms with van der Waals surface area (Å²) in [5.74, 6) is 1.87. The molecule has 2 heterocycles. The van der Waals surface area contributed by atoms with Crippen LogP contribution >= 0.6 is 0 Å². The van der Waals surface area contributed by atoms with E-state index in [1.807, 2.05) is 48.5 Å². The molecule has 5 aromatic rings. The quantitative estimate of drug-likeness (QED) is 0.134. The maximum Gasteiger partial charge on any atom is 0.137 e. The smallest absolute Gasteiger partial charge is 0.137 e. The summed E-state index contributed by atoms with van der Waals surface area (Å²) in [6.45, 7) is 5.68. The van der Waals surface area contributed by atoms with Crippen LogP contribution in [0.3, 0.4) is 0 Å². The molecule has 1 aliphatic heterocycles. The number of quaternary nitrogens is 1. The molecule has 1 N–H and O–H groups in total. The lowest BCUT2D eigenvalue weighted by atomic mass is 10.1. The van der Waals surface area contributed by atoms with E-state index in [1.54, 1.807) is 12.1 Å². The number of aromatic nitrogens is 1. The average molecular weight is 577 g/mol. The summed E-state index contributed by atoms with van der Waals surface area (Å²) in [5.41, 5.74) is 6.71. The fourth-order valence-electron chi connectivity index (χ4n) is 6.18. The highest BCUT2D eigenvalue weighted by atomic mass is 16.6. The summed E-state index contributed by atoms with van der Waals surface area (Å²) in [6.07, 6.45) is 4.36. The molecule has 0 spiro atoms. The van der Waals surface area contributed by atoms with Crippen LogP contribution < -0.4 is 9.47 Å². The molecule has 43 heavy (non-hydrogen) atoms. The third-order valence-electron chi connectivity index (χ3n) is 8.59. The Morgan fingerprint density at radius 1 is 0.767 bits per heavy atom. The molecular weight excluding hydrogens is 536 g/mol. The van der Waals surface area contributed by atoms with Crippen molar-refractivity contribution in [1.82, 2.24) is 4.57 Å². The number of likely N-dealkylation sites (tertiary alicyclic amines) is 1. The first kappa shape index (κ1) is 28.8. The van der Waals surface area contributed by atoms with E-state index in [0.717, 1.165) is 63.2 Å². The normalized spacial score (nSPS) is 14.8. The first-order chi connectivity index (χ1) is 21.0. The Balaban J connectivity index is 1.22. The molecule has 0 atom stereocenters. The number of benzene rings is 4. The monoisotopic (exact) mass is 576 g/mol. The molecule has 0 unspecified atom stereocenters. The predicted molar refractivity (Wildman–Crippen MR) is 172 cm³/mol. The second-order valence-corrected chi connectivity index (χ2v) is 11.7. The van der Waals surface area contributed by atoms with Crippen LogP contribution in [0, 0.1) is 12.1 Å². The van der Waals surface area contributed by atoms with Crippen molar-refractivity contribution in [3.63, 3.8) is 0 Å². The highest BCUT2D eigenvalue weighted by molar-refractivity contribution is 5.92. The van der Waals surface area contributed by atoms with Gasteiger partial charge in [0, 0.05) is 17.4 Å². The Kier molecular flexibility index (Phi) is 8.68. The van der Waals surface area contributed by atoms with Crippen LogP contribution in [-0.2, 0) is 13.2 Å². The van der Waals surface area contributed by atoms with Crippen molar-refractivity contribution in [2.45, 2.75) is 45.8 Å². The SMILES string of the molecule is Cc1c(-c2ccc(O)cc2)n(Cc2ccc(OCC[N+]3([O-])CCCCCC3)cc2)c2ccc(OCc3ccccc3)cc12. The fourth-order valence-corrected chi connectivity index (χ4v) is 6.18. The lowest BCUT2D eigenvalue weighted by molar-refractivity contribution is -0.879. The Hall–Kier alpha value is -4.26. The number of ether oxygens (including phenoxy) is 2. The molecule has 6 nitrogen and oxygen atoms in total. The fraction of sp³-hybridized carbons (Fsp3) is 0.297. The van der Waals surface area contributed by atoms with Crippen molar-refractivity contribution < 1.29 is 19.2 Å². The van der Waals surface area contributed by atoms with E-state index < -0.39 is 0 Å². The van der Waals surface area contributed by atoms with Crippen LogP contribution in [0.2, 0.25) is 0 Å². The van der Waals surface area contributed by atoms with Gasteiger partial charge in [0.05, 0.1) is 18.8 Å². The molecule has 0 radical (unpaired) electrons. The van der Waals surface area contributed by atoms with Gasteiger partial charge in [0.2, 0.25) is 0 Å². The summed E-state index contributed by atoms with van der Waals surface area (Å²) in [4.78, 5) is 0. The molecule has 1 fully saturated rings. The first-order valence-electron chi connectivity index (χ1n) is 15.4. The van der Waals surface area contributed by atoms with Crippen LogP contribution in [-0.4, -0.2) is 40.6 Å². The number of hydrogen-bond donors (Lipinski definition) is 1. The standard InChI is InChI=1S/C37H40N2O4/c1-28-35-25-34(43-27-30-9-5-4-6-10-30)19-20-36(35)38(37(28)31-13-15-32(40)16-14-31)26-29-11-17-33(18-12-29)42-24-23-39(41)21-7-2-3-8-22-39/h4-6,9-20,25,40H,2-3,7-8,21-24,26-27H2,1H3. The lowest BCUT2D eigenvalue weighted by Gasteiger charge is -2.41. The van der Waals surface area contributed by atoms with Crippen molar-refractivity contribution >= 4 is 10.9 Å². The Morgan fingerprint density at radius 2 is 1.47 bits per heavy atom. The van der Waals surface area contributed by atoms with Gasteiger partial charge in [-0.15, -0.1) is 0 Å². The molecule has 0 saturated carbocycles. The molecular formula is C37H40N2O4. The zero-order valence-corrected chi connectivity index (χ0v) is 24.9. The van der Waals surface area contributed by atoms with E-state index in [0.29, 0.717) is 39.4 Å². The van der Waals surface area contributed by atoms with E-state index in [2.05, 4.69) is 47.9 Å². The van der Waals surface area contributed by atoms with E-state index in [9.17, 15) is 10.3 Å². The van der Waals surface area contributed by atoms with E-state index >= 15 is 0 Å². The molecule has 4 aromatic carbocycles. The summed E-state index contributed by atoms with van der Waals surface area (Å²) < 4.78 is 14.4. The van der Waals surface area contributed by atoms with E-state index in [4.69, 9.17) is 9.47 Å². The van der Waals surface area contributed by atoms with Crippen LogP contribution in [0.5, 0.6) is 17.2 Å². The van der Waals surface area contributed by atoms with Crippen molar-refractivity contribution in [1.29, 1.82) is 0 Å². The first-order valence-corrected chi connectivity index (χ1v) is 15.4. The zero-order chi connectivity index (χ0) is 29.6. The van der Waals surface area contributed by atoms with Gasteiger partial charge in [0.1, 0.15) is 37.0 Å². The van der Waals surface area contributed by atoms with Gasteiger partial charge in [0.25, 0.3) is 0 Å². The summed E-state index contributed by atoms with van der Waals surface area (Å²) >= 11 is 0. The van der Waals surface area contributed by atoms with Gasteiger partial charge in [0.15, 0.2) is 0 Å². The van der Waals surface area contributed by atoms with Gasteiger partial charge in [-0.25, -0.2) is 0 Å². The number of hydrogen-bond acceptors (Lipinski definition) is 4. The third kappa shape index (κ3) is 6.87. The van der Waals surface area contributed by atoms with Crippen LogP contribution in [0.1, 0.15) is 42.4 Å². The molecule has 6 heteroatoms. The summed E-state index contributed by atoms with van der Waals surface area (Å²) in [5, 5.41) is 24.1. The minimum atomic E-state index is -0.128. The zero-order valence-electron chi connectivity index (χ0n) is 24.9. The molecule has 6 rings (SSSR count). The summed E-state index contributed by atoms with van der Waals surface area (Å²) in [6, 6.07) is 32.1. The maximum atomic E-state index is 13.0. The highest BCUT2D eigenvalue weighted by Crippen LogP contribution is 2.36. The molecule has 0 bridgehead atoms. The maximum absolute atomic E-state index is 13.0. The molecule has 1 saturated heterocycles. The second-order valence-electron chi connectivity index (χ2n) is 11.7. The van der Waals surface area contributed by atoms with E-state index in [-0.39, 0.29) is 10.4 Å². The number of hydroxylamine groups is 3. The van der Waals surface area contributed by atoms with Gasteiger partial charge in [-0.05, 0) is 109 Å². The van der Waals surface area contributed by atoms with Gasteiger partial charge in [-0.2, -0.15) is 0 Å². The lowest BCUT2D eigenvalue weighted by Crippen LogP contribution is -2.45. The third-order valence-corrected chi connectivity index (χ3v) is 8.59. The summed E-state index contributed by atoms with van der Waals surface area (Å²) in [7, 11) is 0. The number of rotatable bonds is 10. The minimum Gasteiger partial charge on any atom is -0.633 e. The minimum absolute atomic E-state index is 0.128. The molecule has 1 aliphatic rings. The number of nitrogens with zero attached hydrogens (tertiary/aromatic N) is 2. The molecule has 1 aromatic heterocycles. The van der Waals surface area contributed by atoms with Crippen molar-refractivity contribution in [2.24, 2.45) is 0 Å². The Labute approximate surface area is 253 Å². The van der Waals surface area contributed by atoms with E-state index in [1.165, 1.54) is 12.8 Å². The predicted octanol–water partition coefficient (Wildman–Crippen LogP) is 8.22. The largest absolute Gasteiger partial charge is 0.633 e. The second kappa shape index (κ2) is 12.9. The van der Waals surface area contributed by atoms with Crippen molar-refractivity contribution in [3.8, 4) is 28.5 Å². The average Bonchev–Trinajstić information content (AvgIpc) is 3.14. The number of aromatic hydroxyl groups is 1. The van der Waals surface area contributed by atoms with Crippen LogP contribution in [0.4, 0.5) is 0 Å². The van der Waals surface area contributed by atoms with Gasteiger partial charge in [-0.1, -0.05) is 42.5 Å². The number of phenolic OH excluding ortho intramolecular Hbond substituents is 1. The van der Waals surface area contributed by atoms with Crippen LogP contribution in [0.15, 0.2) is 97.1 Å². The number of aryl methyl sites for hydroxylation is 1. The topological polar surface area (TPSA) is 66.7 Å². The van der Waals surface area contributed by atoms with Crippen LogP contribution in [0.25, 0.3) is 22.2 Å². The van der Waals surface area contributed by atoms with Crippen molar-refractivity contribution in [2.75, 3.05) is 26.2 Å². The number of fused-ring (bicyclic) bond motifs is 1. The van der Waals surface area contributed by atoms with Gasteiger partial charge >= 0.3 is 0 Å². The van der Waals surface area contributed by atoms with Gasteiger partial charge < -0.3 is 29.0 Å².